The van der Waals surface area contributed by atoms with E-state index in [1.807, 2.05) is 30.3 Å². The van der Waals surface area contributed by atoms with E-state index in [-0.39, 0.29) is 16.3 Å². The van der Waals surface area contributed by atoms with Gasteiger partial charge in [0.25, 0.3) is 0 Å². The van der Waals surface area contributed by atoms with Crippen LogP contribution in [0.3, 0.4) is 0 Å². The Morgan fingerprint density at radius 3 is 2.40 bits per heavy atom. The van der Waals surface area contributed by atoms with E-state index in [0.717, 1.165) is 5.56 Å². The Balaban J connectivity index is 1.75. The van der Waals surface area contributed by atoms with E-state index in [1.165, 1.54) is 19.4 Å². The van der Waals surface area contributed by atoms with E-state index < -0.39 is 15.8 Å². The van der Waals surface area contributed by atoms with Crippen molar-refractivity contribution in [3.63, 3.8) is 0 Å². The summed E-state index contributed by atoms with van der Waals surface area (Å²) in [5, 5.41) is 0. The van der Waals surface area contributed by atoms with E-state index in [9.17, 15) is 13.2 Å². The zero-order valence-electron chi connectivity index (χ0n) is 16.5. The molecular formula is C24H21NO4S. The van der Waals surface area contributed by atoms with Crippen LogP contribution in [0.15, 0.2) is 77.8 Å². The SMILES string of the molecule is COC(=O)c1ccc(C#Cc2ccccc2S(=O)(=O)CCCc2ccccc2)cn1. The van der Waals surface area contributed by atoms with Gasteiger partial charge < -0.3 is 4.74 Å². The predicted molar refractivity (Wildman–Crippen MR) is 115 cm³/mol. The van der Waals surface area contributed by atoms with Gasteiger partial charge in [-0.1, -0.05) is 54.3 Å². The highest BCUT2D eigenvalue weighted by atomic mass is 32.2. The van der Waals surface area contributed by atoms with E-state index in [4.69, 9.17) is 0 Å². The first-order valence-corrected chi connectivity index (χ1v) is 11.1. The number of carbonyl (C=O) groups excluding carboxylic acids is 1. The number of sulfone groups is 1. The first kappa shape index (κ1) is 21.3. The number of hydrogen-bond acceptors (Lipinski definition) is 5. The van der Waals surface area contributed by atoms with Crippen molar-refractivity contribution in [3.8, 4) is 11.8 Å². The molecular weight excluding hydrogens is 398 g/mol. The summed E-state index contributed by atoms with van der Waals surface area (Å²) < 4.78 is 30.4. The lowest BCUT2D eigenvalue weighted by molar-refractivity contribution is 0.0594. The number of ether oxygens (including phenoxy) is 1. The maximum absolute atomic E-state index is 12.9. The van der Waals surface area contributed by atoms with Crippen molar-refractivity contribution >= 4 is 15.8 Å². The summed E-state index contributed by atoms with van der Waals surface area (Å²) in [6.07, 6.45) is 2.69. The second-order valence-corrected chi connectivity index (χ2v) is 8.66. The highest BCUT2D eigenvalue weighted by molar-refractivity contribution is 7.91. The fourth-order valence-electron chi connectivity index (χ4n) is 2.89. The molecule has 6 heteroatoms. The van der Waals surface area contributed by atoms with Crippen molar-refractivity contribution in [2.24, 2.45) is 0 Å². The van der Waals surface area contributed by atoms with Gasteiger partial charge in [-0.2, -0.15) is 0 Å². The van der Waals surface area contributed by atoms with E-state index in [0.29, 0.717) is 24.0 Å². The molecule has 0 N–H and O–H groups in total. The van der Waals surface area contributed by atoms with E-state index in [2.05, 4.69) is 21.6 Å². The van der Waals surface area contributed by atoms with Gasteiger partial charge in [-0.05, 0) is 42.7 Å². The van der Waals surface area contributed by atoms with E-state index >= 15 is 0 Å². The fourth-order valence-corrected chi connectivity index (χ4v) is 4.38. The number of methoxy groups -OCH3 is 1. The van der Waals surface area contributed by atoms with Crippen molar-refractivity contribution in [2.45, 2.75) is 17.7 Å². The first-order valence-electron chi connectivity index (χ1n) is 9.42. The van der Waals surface area contributed by atoms with Crippen molar-refractivity contribution in [3.05, 3.63) is 95.3 Å². The van der Waals surface area contributed by atoms with Crippen molar-refractivity contribution in [2.75, 3.05) is 12.9 Å². The number of nitrogens with zero attached hydrogens (tertiary/aromatic N) is 1. The standard InChI is InChI=1S/C24H21NO4S/c1-29-24(26)22-16-14-20(18-25-22)13-15-21-11-5-6-12-23(21)30(27,28)17-7-10-19-8-3-2-4-9-19/h2-6,8-9,11-12,14,16,18H,7,10,17H2,1H3. The molecule has 0 saturated heterocycles. The number of carbonyl (C=O) groups is 1. The molecule has 0 spiro atoms. The van der Waals surface area contributed by atoms with Crippen LogP contribution in [0.1, 0.15) is 33.6 Å². The molecule has 3 aromatic rings. The van der Waals surface area contributed by atoms with Crippen molar-refractivity contribution < 1.29 is 17.9 Å². The van der Waals surface area contributed by atoms with Gasteiger partial charge in [0, 0.05) is 17.3 Å². The number of hydrogen-bond donors (Lipinski definition) is 0. The Bertz CT molecular complexity index is 1180. The number of pyridine rings is 1. The molecule has 152 valence electrons. The van der Waals surface area contributed by atoms with Crippen LogP contribution in [-0.2, 0) is 21.0 Å². The largest absolute Gasteiger partial charge is 0.464 e. The zero-order valence-corrected chi connectivity index (χ0v) is 17.4. The summed E-state index contributed by atoms with van der Waals surface area (Å²) in [4.78, 5) is 15.7. The molecule has 0 radical (unpaired) electrons. The van der Waals surface area contributed by atoms with Gasteiger partial charge in [0.15, 0.2) is 9.84 Å². The molecule has 1 heterocycles. The third-order valence-corrected chi connectivity index (χ3v) is 6.30. The lowest BCUT2D eigenvalue weighted by Crippen LogP contribution is -2.09. The number of aromatic nitrogens is 1. The number of esters is 1. The molecule has 0 aliphatic rings. The average Bonchev–Trinajstić information content (AvgIpc) is 2.78. The topological polar surface area (TPSA) is 73.3 Å². The molecule has 0 fully saturated rings. The molecule has 3 rings (SSSR count). The molecule has 0 saturated carbocycles. The van der Waals surface area contributed by atoms with Crippen LogP contribution < -0.4 is 0 Å². The Kier molecular flexibility index (Phi) is 6.99. The number of benzene rings is 2. The highest BCUT2D eigenvalue weighted by Gasteiger charge is 2.17. The maximum Gasteiger partial charge on any atom is 0.356 e. The summed E-state index contributed by atoms with van der Waals surface area (Å²) in [6.45, 7) is 0. The van der Waals surface area contributed by atoms with Crippen LogP contribution in [0.2, 0.25) is 0 Å². The van der Waals surface area contributed by atoms with Crippen molar-refractivity contribution in [1.82, 2.24) is 4.98 Å². The van der Waals surface area contributed by atoms with Crippen LogP contribution in [0.4, 0.5) is 0 Å². The van der Waals surface area contributed by atoms with Gasteiger partial charge in [-0.3, -0.25) is 0 Å². The Labute approximate surface area is 176 Å². The van der Waals surface area contributed by atoms with Gasteiger partial charge in [-0.15, -0.1) is 0 Å². The molecule has 0 aliphatic carbocycles. The van der Waals surface area contributed by atoms with Crippen LogP contribution >= 0.6 is 0 Å². The normalized spacial score (nSPS) is 10.7. The Morgan fingerprint density at radius 2 is 1.70 bits per heavy atom. The summed E-state index contributed by atoms with van der Waals surface area (Å²) in [7, 11) is -2.18. The molecule has 0 bridgehead atoms. The molecule has 0 aliphatic heterocycles. The summed E-state index contributed by atoms with van der Waals surface area (Å²) >= 11 is 0. The van der Waals surface area contributed by atoms with Crippen LogP contribution in [-0.4, -0.2) is 32.2 Å². The minimum absolute atomic E-state index is 0.0516. The van der Waals surface area contributed by atoms with E-state index in [1.54, 1.807) is 30.3 Å². The van der Waals surface area contributed by atoms with Crippen LogP contribution in [0.5, 0.6) is 0 Å². The molecule has 30 heavy (non-hydrogen) atoms. The molecule has 2 aromatic carbocycles. The van der Waals surface area contributed by atoms with Gasteiger partial charge in [0.05, 0.1) is 17.8 Å². The highest BCUT2D eigenvalue weighted by Crippen LogP contribution is 2.18. The summed E-state index contributed by atoms with van der Waals surface area (Å²) in [6, 6.07) is 19.7. The lowest BCUT2D eigenvalue weighted by Gasteiger charge is -2.07. The monoisotopic (exact) mass is 419 g/mol. The predicted octanol–water partition coefficient (Wildman–Crippen LogP) is 3.67. The van der Waals surface area contributed by atoms with Gasteiger partial charge >= 0.3 is 5.97 Å². The maximum atomic E-state index is 12.9. The summed E-state index contributed by atoms with van der Waals surface area (Å²) in [5.41, 5.74) is 2.31. The summed E-state index contributed by atoms with van der Waals surface area (Å²) in [5.74, 6) is 5.36. The van der Waals surface area contributed by atoms with Gasteiger partial charge in [0.1, 0.15) is 5.69 Å². The van der Waals surface area contributed by atoms with Crippen LogP contribution in [0, 0.1) is 11.8 Å². The average molecular weight is 420 g/mol. The minimum Gasteiger partial charge on any atom is -0.464 e. The number of rotatable bonds is 6. The molecule has 0 amide bonds. The Morgan fingerprint density at radius 1 is 0.967 bits per heavy atom. The third-order valence-electron chi connectivity index (χ3n) is 4.44. The smallest absolute Gasteiger partial charge is 0.356 e. The second-order valence-electron chi connectivity index (χ2n) is 6.58. The lowest BCUT2D eigenvalue weighted by atomic mass is 10.1. The first-order chi connectivity index (χ1) is 14.5. The molecule has 1 aromatic heterocycles. The number of aryl methyl sites for hydroxylation is 1. The zero-order chi connectivity index (χ0) is 21.4. The molecule has 5 nitrogen and oxygen atoms in total. The fraction of sp³-hybridized carbons (Fsp3) is 0.167. The molecule has 0 atom stereocenters. The quantitative estimate of drug-likeness (QED) is 0.450. The second kappa shape index (κ2) is 9.86. The minimum atomic E-state index is -3.47. The van der Waals surface area contributed by atoms with Crippen molar-refractivity contribution in [1.29, 1.82) is 0 Å². The van der Waals surface area contributed by atoms with Crippen LogP contribution in [0.25, 0.3) is 0 Å². The Hall–Kier alpha value is -3.43. The molecule has 0 unspecified atom stereocenters. The third kappa shape index (κ3) is 5.56. The van der Waals surface area contributed by atoms with Gasteiger partial charge in [-0.25, -0.2) is 18.2 Å². The van der Waals surface area contributed by atoms with Gasteiger partial charge in [0.2, 0.25) is 0 Å².